The van der Waals surface area contributed by atoms with Gasteiger partial charge in [-0.2, -0.15) is 15.4 Å². The first kappa shape index (κ1) is 24.1. The van der Waals surface area contributed by atoms with Gasteiger partial charge in [0.2, 0.25) is 0 Å². The Hall–Kier alpha value is -3.92. The standard InChI is InChI=1S/C29H32N6O4/c1-4-33-8-7-19-25(33)10-18(11-26(19)39-16(2)3)28(37)35-14-22-20-12-34(13-21(20)29(22,38)15-35)27(36)17-5-6-23-24(9-17)31-32-30-23/h5-11,16,20-22,38H,4,12-15H2,1-3H3,(H,30,31,32)/t20-,21+,22?,29?/m0/s1. The molecule has 2 aromatic heterocycles. The number of carbonyl (C=O) groups is 2. The summed E-state index contributed by atoms with van der Waals surface area (Å²) in [6, 6.07) is 11.1. The van der Waals surface area contributed by atoms with Crippen LogP contribution in [0.2, 0.25) is 0 Å². The van der Waals surface area contributed by atoms with Crippen molar-refractivity contribution in [3.05, 3.63) is 53.7 Å². The highest BCUT2D eigenvalue weighted by atomic mass is 16.5. The second-order valence-electron chi connectivity index (χ2n) is 11.5. The Morgan fingerprint density at radius 1 is 1.03 bits per heavy atom. The minimum Gasteiger partial charge on any atom is -0.490 e. The van der Waals surface area contributed by atoms with Gasteiger partial charge in [0.25, 0.3) is 11.8 Å². The first-order chi connectivity index (χ1) is 18.8. The molecule has 0 bridgehead atoms. The molecule has 4 aromatic rings. The molecule has 4 atom stereocenters. The van der Waals surface area contributed by atoms with Crippen molar-refractivity contribution in [3.63, 3.8) is 0 Å². The zero-order valence-electron chi connectivity index (χ0n) is 22.3. The lowest BCUT2D eigenvalue weighted by Gasteiger charge is -2.50. The quantitative estimate of drug-likeness (QED) is 0.412. The molecule has 10 nitrogen and oxygen atoms in total. The van der Waals surface area contributed by atoms with Gasteiger partial charge in [0, 0.05) is 60.7 Å². The number of nitrogens with zero attached hydrogens (tertiary/aromatic N) is 5. The summed E-state index contributed by atoms with van der Waals surface area (Å²) in [6.45, 7) is 8.64. The van der Waals surface area contributed by atoms with Crippen LogP contribution in [-0.2, 0) is 6.54 Å². The van der Waals surface area contributed by atoms with Gasteiger partial charge in [-0.3, -0.25) is 9.59 Å². The number of fused-ring (bicyclic) bond motifs is 6. The summed E-state index contributed by atoms with van der Waals surface area (Å²) in [5.74, 6) is 0.635. The monoisotopic (exact) mass is 528 g/mol. The van der Waals surface area contributed by atoms with Crippen LogP contribution in [0.4, 0.5) is 0 Å². The predicted octanol–water partition coefficient (Wildman–Crippen LogP) is 2.92. The van der Waals surface area contributed by atoms with E-state index in [0.29, 0.717) is 47.5 Å². The van der Waals surface area contributed by atoms with Crippen LogP contribution >= 0.6 is 0 Å². The number of benzene rings is 2. The van der Waals surface area contributed by atoms with Gasteiger partial charge in [-0.15, -0.1) is 0 Å². The van der Waals surface area contributed by atoms with E-state index in [-0.39, 0.29) is 42.2 Å². The summed E-state index contributed by atoms with van der Waals surface area (Å²) < 4.78 is 8.19. The van der Waals surface area contributed by atoms with Gasteiger partial charge >= 0.3 is 0 Å². The van der Waals surface area contributed by atoms with E-state index in [0.717, 1.165) is 17.4 Å². The first-order valence-electron chi connectivity index (χ1n) is 13.7. The first-order valence-corrected chi connectivity index (χ1v) is 13.7. The van der Waals surface area contributed by atoms with Crippen LogP contribution in [0.25, 0.3) is 21.9 Å². The predicted molar refractivity (Wildman–Crippen MR) is 144 cm³/mol. The van der Waals surface area contributed by atoms with Crippen molar-refractivity contribution in [3.8, 4) is 5.75 Å². The number of hydrogen-bond donors (Lipinski definition) is 2. The van der Waals surface area contributed by atoms with Gasteiger partial charge in [0.1, 0.15) is 16.8 Å². The van der Waals surface area contributed by atoms with E-state index < -0.39 is 5.60 Å². The molecular formula is C29H32N6O4. The second kappa shape index (κ2) is 8.54. The average Bonchev–Trinajstić information content (AvgIpc) is 3.70. The van der Waals surface area contributed by atoms with Gasteiger partial charge in [0.05, 0.1) is 23.8 Å². The van der Waals surface area contributed by atoms with Crippen LogP contribution in [-0.4, -0.2) is 84.6 Å². The van der Waals surface area contributed by atoms with E-state index in [1.807, 2.05) is 43.1 Å². The zero-order chi connectivity index (χ0) is 27.1. The molecular weight excluding hydrogens is 496 g/mol. The number of β-amino-alcohol motifs (C(OH)–C–C–N with tert-alkyl or cyclic N) is 1. The van der Waals surface area contributed by atoms with Crippen LogP contribution < -0.4 is 4.74 Å². The summed E-state index contributed by atoms with van der Waals surface area (Å²) in [4.78, 5) is 30.6. The zero-order valence-corrected chi connectivity index (χ0v) is 22.3. The van der Waals surface area contributed by atoms with Crippen molar-refractivity contribution in [2.24, 2.45) is 17.8 Å². The Morgan fingerprint density at radius 2 is 1.77 bits per heavy atom. The summed E-state index contributed by atoms with van der Waals surface area (Å²) in [5.41, 5.74) is 2.50. The molecule has 4 heterocycles. The van der Waals surface area contributed by atoms with Crippen LogP contribution in [0.1, 0.15) is 41.5 Å². The van der Waals surface area contributed by atoms with E-state index in [1.54, 1.807) is 23.1 Å². The summed E-state index contributed by atoms with van der Waals surface area (Å²) in [6.07, 6.45) is 2.00. The normalized spacial score (nSPS) is 25.8. The van der Waals surface area contributed by atoms with E-state index in [9.17, 15) is 14.7 Å². The van der Waals surface area contributed by atoms with Crippen molar-refractivity contribution in [1.82, 2.24) is 29.8 Å². The number of aromatic amines is 1. The molecule has 7 rings (SSSR count). The maximum absolute atomic E-state index is 13.7. The number of rotatable bonds is 5. The smallest absolute Gasteiger partial charge is 0.254 e. The molecule has 2 unspecified atom stereocenters. The topological polar surface area (TPSA) is 117 Å². The number of aromatic nitrogens is 4. The van der Waals surface area contributed by atoms with Gasteiger partial charge < -0.3 is 24.2 Å². The molecule has 0 spiro atoms. The fraction of sp³-hybridized carbons (Fsp3) is 0.448. The largest absolute Gasteiger partial charge is 0.490 e. The highest BCUT2D eigenvalue weighted by Gasteiger charge is 2.68. The molecule has 39 heavy (non-hydrogen) atoms. The van der Waals surface area contributed by atoms with E-state index in [2.05, 4.69) is 26.9 Å². The Labute approximate surface area is 225 Å². The minimum atomic E-state index is -0.976. The number of ether oxygens (including phenoxy) is 1. The number of carbonyl (C=O) groups excluding carboxylic acids is 2. The number of aliphatic hydroxyl groups is 1. The van der Waals surface area contributed by atoms with Gasteiger partial charge in [-0.25, -0.2) is 0 Å². The molecule has 202 valence electrons. The molecule has 3 fully saturated rings. The Bertz CT molecular complexity index is 1620. The summed E-state index contributed by atoms with van der Waals surface area (Å²) >= 11 is 0. The van der Waals surface area contributed by atoms with Crippen LogP contribution in [0.5, 0.6) is 5.75 Å². The fourth-order valence-corrected chi connectivity index (χ4v) is 7.10. The number of H-pyrrole nitrogens is 1. The SMILES string of the molecule is CCn1ccc2c(OC(C)C)cc(C(=O)N3CC4[C@H]5CN(C(=O)c6ccc7n[nH]nc7c6)C[C@H]5C4(O)C3)cc21. The third-order valence-corrected chi connectivity index (χ3v) is 8.97. The van der Waals surface area contributed by atoms with Crippen LogP contribution in [0, 0.1) is 17.8 Å². The van der Waals surface area contributed by atoms with E-state index in [4.69, 9.17) is 4.74 Å². The number of likely N-dealkylation sites (tertiary alicyclic amines) is 2. The Balaban J connectivity index is 1.10. The molecule has 2 aliphatic heterocycles. The average molecular weight is 529 g/mol. The minimum absolute atomic E-state index is 0.0187. The number of nitrogens with one attached hydrogen (secondary N) is 1. The second-order valence-corrected chi connectivity index (χ2v) is 11.5. The molecule has 10 heteroatoms. The van der Waals surface area contributed by atoms with Gasteiger partial charge in [0.15, 0.2) is 0 Å². The highest BCUT2D eigenvalue weighted by molar-refractivity contribution is 6.01. The lowest BCUT2D eigenvalue weighted by Crippen LogP contribution is -2.61. The maximum Gasteiger partial charge on any atom is 0.254 e. The highest BCUT2D eigenvalue weighted by Crippen LogP contribution is 2.57. The summed E-state index contributed by atoms with van der Waals surface area (Å²) in [7, 11) is 0. The third-order valence-electron chi connectivity index (χ3n) is 8.97. The van der Waals surface area contributed by atoms with Crippen molar-refractivity contribution < 1.29 is 19.4 Å². The molecule has 1 aliphatic carbocycles. The molecule has 2 saturated heterocycles. The van der Waals surface area contributed by atoms with E-state index >= 15 is 0 Å². The molecule has 2 aromatic carbocycles. The molecule has 2 N–H and O–H groups in total. The van der Waals surface area contributed by atoms with Crippen molar-refractivity contribution in [1.29, 1.82) is 0 Å². The molecule has 3 aliphatic rings. The number of hydrogen-bond acceptors (Lipinski definition) is 6. The lowest BCUT2D eigenvalue weighted by atomic mass is 9.56. The van der Waals surface area contributed by atoms with E-state index in [1.165, 1.54) is 0 Å². The molecule has 1 saturated carbocycles. The van der Waals surface area contributed by atoms with Crippen LogP contribution in [0.15, 0.2) is 42.6 Å². The lowest BCUT2D eigenvalue weighted by molar-refractivity contribution is -0.145. The Kier molecular flexibility index (Phi) is 5.29. The van der Waals surface area contributed by atoms with Crippen LogP contribution in [0.3, 0.4) is 0 Å². The Morgan fingerprint density at radius 3 is 2.54 bits per heavy atom. The molecule has 0 radical (unpaired) electrons. The summed E-state index contributed by atoms with van der Waals surface area (Å²) in [5, 5.41) is 23.4. The maximum atomic E-state index is 13.7. The number of amides is 2. The fourth-order valence-electron chi connectivity index (χ4n) is 7.10. The van der Waals surface area contributed by atoms with Crippen molar-refractivity contribution in [2.45, 2.75) is 39.0 Å². The van der Waals surface area contributed by atoms with Gasteiger partial charge in [-0.05, 0) is 63.1 Å². The third kappa shape index (κ3) is 3.57. The number of aryl methyl sites for hydroxylation is 1. The van der Waals surface area contributed by atoms with Crippen molar-refractivity contribution in [2.75, 3.05) is 26.2 Å². The molecule has 2 amide bonds. The van der Waals surface area contributed by atoms with Gasteiger partial charge in [-0.1, -0.05) is 0 Å². The van der Waals surface area contributed by atoms with Crippen molar-refractivity contribution >= 4 is 33.8 Å².